The summed E-state index contributed by atoms with van der Waals surface area (Å²) in [7, 11) is 0. The standard InChI is InChI=1S/C27H22N4O/c1-19-14-15-22(17-20(19)2)30-16-8-11-23(30)18-28-31-26(21-9-4-3-5-10-21)29-25-13-7-6-12-24(25)27(31)32/h3-18H,1-2H3. The normalized spacial score (nSPS) is 11.4. The number of para-hydroxylation sites is 1. The molecule has 5 heteroatoms. The van der Waals surface area contributed by atoms with Crippen LogP contribution >= 0.6 is 0 Å². The first-order chi connectivity index (χ1) is 15.6. The van der Waals surface area contributed by atoms with Gasteiger partial charge in [-0.05, 0) is 61.4 Å². The first-order valence-corrected chi connectivity index (χ1v) is 10.5. The van der Waals surface area contributed by atoms with Crippen molar-refractivity contribution >= 4 is 17.1 Å². The minimum atomic E-state index is -0.199. The Morgan fingerprint density at radius 3 is 2.44 bits per heavy atom. The lowest BCUT2D eigenvalue weighted by atomic mass is 10.1. The molecule has 0 aliphatic heterocycles. The minimum Gasteiger partial charge on any atom is -0.316 e. The van der Waals surface area contributed by atoms with E-state index in [2.05, 4.69) is 41.7 Å². The van der Waals surface area contributed by atoms with Gasteiger partial charge in [-0.15, -0.1) is 0 Å². The summed E-state index contributed by atoms with van der Waals surface area (Å²) in [5.41, 5.74) is 5.67. The molecular formula is C27H22N4O. The molecule has 156 valence electrons. The summed E-state index contributed by atoms with van der Waals surface area (Å²) in [4.78, 5) is 18.1. The quantitative estimate of drug-likeness (QED) is 0.369. The number of hydrogen-bond donors (Lipinski definition) is 0. The molecule has 32 heavy (non-hydrogen) atoms. The number of hydrogen-bond acceptors (Lipinski definition) is 3. The molecule has 0 aliphatic rings. The predicted octanol–water partition coefficient (Wildman–Crippen LogP) is 5.35. The van der Waals surface area contributed by atoms with Crippen LogP contribution in [0, 0.1) is 13.8 Å². The maximum atomic E-state index is 13.3. The lowest BCUT2D eigenvalue weighted by Crippen LogP contribution is -2.20. The second kappa shape index (κ2) is 8.12. The molecule has 0 unspecified atom stereocenters. The summed E-state index contributed by atoms with van der Waals surface area (Å²) in [6.07, 6.45) is 3.70. The Kier molecular flexibility index (Phi) is 5.00. The van der Waals surface area contributed by atoms with Gasteiger partial charge in [-0.3, -0.25) is 4.79 Å². The van der Waals surface area contributed by atoms with Crippen molar-refractivity contribution in [2.24, 2.45) is 5.10 Å². The lowest BCUT2D eigenvalue weighted by Gasteiger charge is -2.11. The van der Waals surface area contributed by atoms with Crippen molar-refractivity contribution < 1.29 is 0 Å². The zero-order valence-electron chi connectivity index (χ0n) is 17.9. The average Bonchev–Trinajstić information content (AvgIpc) is 3.29. The third kappa shape index (κ3) is 3.54. The number of rotatable bonds is 4. The van der Waals surface area contributed by atoms with Gasteiger partial charge in [0, 0.05) is 17.4 Å². The number of aryl methyl sites for hydroxylation is 2. The molecule has 0 saturated heterocycles. The summed E-state index contributed by atoms with van der Waals surface area (Å²) in [6.45, 7) is 4.20. The average molecular weight is 419 g/mol. The van der Waals surface area contributed by atoms with Crippen molar-refractivity contribution in [1.29, 1.82) is 0 Å². The minimum absolute atomic E-state index is 0.199. The highest BCUT2D eigenvalue weighted by Crippen LogP contribution is 2.19. The van der Waals surface area contributed by atoms with Crippen LogP contribution in [0.5, 0.6) is 0 Å². The molecule has 0 saturated carbocycles. The van der Waals surface area contributed by atoms with Gasteiger partial charge in [0.2, 0.25) is 0 Å². The topological polar surface area (TPSA) is 52.2 Å². The molecule has 2 heterocycles. The molecule has 0 amide bonds. The SMILES string of the molecule is Cc1ccc(-n2cccc2C=Nn2c(-c3ccccc3)nc3ccccc3c2=O)cc1C. The third-order valence-corrected chi connectivity index (χ3v) is 5.64. The molecule has 0 radical (unpaired) electrons. The van der Waals surface area contributed by atoms with Crippen LogP contribution < -0.4 is 5.56 Å². The zero-order valence-corrected chi connectivity index (χ0v) is 17.9. The van der Waals surface area contributed by atoms with Gasteiger partial charge >= 0.3 is 0 Å². The van der Waals surface area contributed by atoms with Gasteiger partial charge < -0.3 is 4.57 Å². The van der Waals surface area contributed by atoms with Crippen LogP contribution in [-0.4, -0.2) is 20.4 Å². The van der Waals surface area contributed by atoms with E-state index in [1.54, 1.807) is 12.3 Å². The Labute approximate surface area is 185 Å². The van der Waals surface area contributed by atoms with E-state index in [0.717, 1.165) is 16.9 Å². The van der Waals surface area contributed by atoms with Gasteiger partial charge in [-0.2, -0.15) is 9.78 Å². The third-order valence-electron chi connectivity index (χ3n) is 5.64. The highest BCUT2D eigenvalue weighted by atomic mass is 16.1. The van der Waals surface area contributed by atoms with E-state index in [1.807, 2.05) is 66.9 Å². The molecule has 5 nitrogen and oxygen atoms in total. The van der Waals surface area contributed by atoms with Crippen molar-refractivity contribution in [2.45, 2.75) is 13.8 Å². The van der Waals surface area contributed by atoms with Crippen molar-refractivity contribution in [3.63, 3.8) is 0 Å². The van der Waals surface area contributed by atoms with E-state index in [1.165, 1.54) is 15.8 Å². The molecule has 5 rings (SSSR count). The van der Waals surface area contributed by atoms with E-state index in [-0.39, 0.29) is 5.56 Å². The van der Waals surface area contributed by atoms with E-state index < -0.39 is 0 Å². The van der Waals surface area contributed by atoms with Crippen LogP contribution in [0.25, 0.3) is 28.0 Å². The first-order valence-electron chi connectivity index (χ1n) is 10.5. The smallest absolute Gasteiger partial charge is 0.282 e. The Morgan fingerprint density at radius 1 is 0.844 bits per heavy atom. The summed E-state index contributed by atoms with van der Waals surface area (Å²) in [5, 5.41) is 5.13. The Balaban J connectivity index is 1.65. The van der Waals surface area contributed by atoms with Crippen LogP contribution in [-0.2, 0) is 0 Å². The number of aromatic nitrogens is 3. The largest absolute Gasteiger partial charge is 0.316 e. The molecule has 0 atom stereocenters. The highest BCUT2D eigenvalue weighted by Gasteiger charge is 2.12. The summed E-state index contributed by atoms with van der Waals surface area (Å²) in [5.74, 6) is 0.509. The number of nitrogens with zero attached hydrogens (tertiary/aromatic N) is 4. The zero-order chi connectivity index (χ0) is 22.1. The van der Waals surface area contributed by atoms with E-state index in [0.29, 0.717) is 16.7 Å². The molecule has 0 aliphatic carbocycles. The fourth-order valence-corrected chi connectivity index (χ4v) is 3.73. The van der Waals surface area contributed by atoms with Crippen LogP contribution in [0.4, 0.5) is 0 Å². The lowest BCUT2D eigenvalue weighted by molar-refractivity contribution is 0.828. The highest BCUT2D eigenvalue weighted by molar-refractivity contribution is 5.81. The van der Waals surface area contributed by atoms with Gasteiger partial charge in [0.05, 0.1) is 22.8 Å². The second-order valence-corrected chi connectivity index (χ2v) is 7.75. The van der Waals surface area contributed by atoms with Gasteiger partial charge in [-0.1, -0.05) is 48.5 Å². The first kappa shape index (κ1) is 19.7. The molecule has 0 N–H and O–H groups in total. The van der Waals surface area contributed by atoms with Crippen molar-refractivity contribution in [1.82, 2.24) is 14.2 Å². The van der Waals surface area contributed by atoms with Crippen molar-refractivity contribution in [2.75, 3.05) is 0 Å². The van der Waals surface area contributed by atoms with Gasteiger partial charge in [0.15, 0.2) is 5.82 Å². The van der Waals surface area contributed by atoms with Crippen LogP contribution in [0.2, 0.25) is 0 Å². The maximum Gasteiger partial charge on any atom is 0.282 e. The van der Waals surface area contributed by atoms with Crippen molar-refractivity contribution in [3.05, 3.63) is 118 Å². The fraction of sp³-hybridized carbons (Fsp3) is 0.0741. The number of benzene rings is 3. The second-order valence-electron chi connectivity index (χ2n) is 7.75. The summed E-state index contributed by atoms with van der Waals surface area (Å²) < 4.78 is 3.44. The fourth-order valence-electron chi connectivity index (χ4n) is 3.73. The molecule has 2 aromatic heterocycles. The van der Waals surface area contributed by atoms with E-state index >= 15 is 0 Å². The van der Waals surface area contributed by atoms with Crippen LogP contribution in [0.1, 0.15) is 16.8 Å². The molecule has 3 aromatic carbocycles. The molecule has 0 bridgehead atoms. The molecular weight excluding hydrogens is 396 g/mol. The van der Waals surface area contributed by atoms with Gasteiger partial charge in [0.25, 0.3) is 5.56 Å². The van der Waals surface area contributed by atoms with Crippen LogP contribution in [0.3, 0.4) is 0 Å². The Hall–Kier alpha value is -4.25. The maximum absolute atomic E-state index is 13.3. The summed E-state index contributed by atoms with van der Waals surface area (Å²) >= 11 is 0. The monoisotopic (exact) mass is 418 g/mol. The molecule has 5 aromatic rings. The summed E-state index contributed by atoms with van der Waals surface area (Å²) in [6, 6.07) is 27.3. The van der Waals surface area contributed by atoms with Crippen LogP contribution in [0.15, 0.2) is 101 Å². The van der Waals surface area contributed by atoms with Crippen molar-refractivity contribution in [3.8, 4) is 17.1 Å². The van der Waals surface area contributed by atoms with E-state index in [4.69, 9.17) is 4.98 Å². The van der Waals surface area contributed by atoms with Gasteiger partial charge in [-0.25, -0.2) is 4.98 Å². The van der Waals surface area contributed by atoms with Gasteiger partial charge in [0.1, 0.15) is 0 Å². The Morgan fingerprint density at radius 2 is 1.62 bits per heavy atom. The number of fused-ring (bicyclic) bond motifs is 1. The molecule has 0 spiro atoms. The molecule has 0 fully saturated rings. The predicted molar refractivity (Wildman–Crippen MR) is 130 cm³/mol. The Bertz CT molecular complexity index is 1510. The van der Waals surface area contributed by atoms with E-state index in [9.17, 15) is 4.79 Å².